The summed E-state index contributed by atoms with van der Waals surface area (Å²) < 4.78 is 0. The summed E-state index contributed by atoms with van der Waals surface area (Å²) in [5.41, 5.74) is 7.56. The summed E-state index contributed by atoms with van der Waals surface area (Å²) in [4.78, 5) is 14.5. The summed E-state index contributed by atoms with van der Waals surface area (Å²) in [5, 5.41) is 3.04. The molecule has 3 rings (SSSR count). The highest BCUT2D eigenvalue weighted by Crippen LogP contribution is 2.30. The minimum Gasteiger partial charge on any atom is -0.349 e. The van der Waals surface area contributed by atoms with Gasteiger partial charge in [-0.15, -0.1) is 11.3 Å². The highest BCUT2D eigenvalue weighted by Gasteiger charge is 2.28. The molecule has 0 unspecified atom stereocenters. The standard InChI is InChI=1S/C15H22N2OS/c16-15(7-2-1-3-8-15)10-17-14(18)13-9-11-5-4-6-12(11)19-13/h9H,1-8,10,16H2,(H,17,18). The Balaban J connectivity index is 1.58. The van der Waals surface area contributed by atoms with E-state index >= 15 is 0 Å². The van der Waals surface area contributed by atoms with E-state index in [1.165, 1.54) is 36.1 Å². The van der Waals surface area contributed by atoms with E-state index in [9.17, 15) is 4.79 Å². The molecule has 4 heteroatoms. The van der Waals surface area contributed by atoms with Gasteiger partial charge in [0.1, 0.15) is 0 Å². The average Bonchev–Trinajstić information content (AvgIpc) is 2.97. The van der Waals surface area contributed by atoms with E-state index in [1.54, 1.807) is 11.3 Å². The molecular formula is C15H22N2OS. The van der Waals surface area contributed by atoms with Crippen molar-refractivity contribution in [2.75, 3.05) is 6.54 Å². The second-order valence-electron chi connectivity index (χ2n) is 6.02. The highest BCUT2D eigenvalue weighted by molar-refractivity contribution is 7.14. The largest absolute Gasteiger partial charge is 0.349 e. The Hall–Kier alpha value is -0.870. The van der Waals surface area contributed by atoms with Gasteiger partial charge >= 0.3 is 0 Å². The number of fused-ring (bicyclic) bond motifs is 1. The van der Waals surface area contributed by atoms with Crippen LogP contribution in [0.4, 0.5) is 0 Å². The summed E-state index contributed by atoms with van der Waals surface area (Å²) in [6.07, 6.45) is 9.27. The van der Waals surface area contributed by atoms with Crippen molar-refractivity contribution >= 4 is 17.2 Å². The third-order valence-electron chi connectivity index (χ3n) is 4.42. The van der Waals surface area contributed by atoms with Gasteiger partial charge in [0, 0.05) is 17.0 Å². The maximum absolute atomic E-state index is 12.2. The Labute approximate surface area is 118 Å². The number of hydrogen-bond acceptors (Lipinski definition) is 3. The predicted octanol–water partition coefficient (Wildman–Crippen LogP) is 2.63. The van der Waals surface area contributed by atoms with Gasteiger partial charge in [-0.25, -0.2) is 0 Å². The molecule has 104 valence electrons. The van der Waals surface area contributed by atoms with Gasteiger partial charge < -0.3 is 11.1 Å². The number of carbonyl (C=O) groups is 1. The Morgan fingerprint density at radius 3 is 2.79 bits per heavy atom. The zero-order valence-corrected chi connectivity index (χ0v) is 12.2. The lowest BCUT2D eigenvalue weighted by Gasteiger charge is -2.33. The quantitative estimate of drug-likeness (QED) is 0.893. The van der Waals surface area contributed by atoms with Crippen molar-refractivity contribution in [3.05, 3.63) is 21.4 Å². The maximum Gasteiger partial charge on any atom is 0.261 e. The van der Waals surface area contributed by atoms with Crippen LogP contribution >= 0.6 is 11.3 Å². The van der Waals surface area contributed by atoms with E-state index in [0.717, 1.165) is 30.6 Å². The second kappa shape index (κ2) is 5.25. The molecule has 1 heterocycles. The SMILES string of the molecule is NC1(CNC(=O)c2cc3c(s2)CCC3)CCCCC1. The number of nitrogens with one attached hydrogen (secondary N) is 1. The van der Waals surface area contributed by atoms with Crippen molar-refractivity contribution in [3.63, 3.8) is 0 Å². The Morgan fingerprint density at radius 1 is 1.26 bits per heavy atom. The second-order valence-corrected chi connectivity index (χ2v) is 7.16. The van der Waals surface area contributed by atoms with Crippen LogP contribution in [0.5, 0.6) is 0 Å². The third-order valence-corrected chi connectivity index (χ3v) is 5.66. The fourth-order valence-corrected chi connectivity index (χ4v) is 4.39. The van der Waals surface area contributed by atoms with Gasteiger partial charge in [-0.1, -0.05) is 19.3 Å². The molecule has 0 spiro atoms. The molecule has 2 aliphatic rings. The monoisotopic (exact) mass is 278 g/mol. The van der Waals surface area contributed by atoms with Crippen LogP contribution < -0.4 is 11.1 Å². The van der Waals surface area contributed by atoms with Crippen molar-refractivity contribution in [2.45, 2.75) is 56.9 Å². The molecule has 1 aromatic heterocycles. The summed E-state index contributed by atoms with van der Waals surface area (Å²) in [5.74, 6) is 0.0646. The molecule has 3 N–H and O–H groups in total. The molecule has 1 fully saturated rings. The molecule has 0 bridgehead atoms. The average molecular weight is 278 g/mol. The van der Waals surface area contributed by atoms with Gasteiger partial charge in [0.05, 0.1) is 4.88 Å². The van der Waals surface area contributed by atoms with E-state index in [1.807, 2.05) is 0 Å². The normalized spacial score (nSPS) is 21.1. The Kier molecular flexibility index (Phi) is 3.63. The predicted molar refractivity (Wildman–Crippen MR) is 78.7 cm³/mol. The van der Waals surface area contributed by atoms with Crippen LogP contribution in [0.25, 0.3) is 0 Å². The van der Waals surface area contributed by atoms with Gasteiger partial charge in [-0.05, 0) is 43.7 Å². The molecular weight excluding hydrogens is 256 g/mol. The molecule has 0 aromatic carbocycles. The first kappa shape index (κ1) is 13.1. The number of hydrogen-bond donors (Lipinski definition) is 2. The first-order valence-electron chi connectivity index (χ1n) is 7.35. The number of amides is 1. The van der Waals surface area contributed by atoms with E-state index in [2.05, 4.69) is 11.4 Å². The molecule has 0 atom stereocenters. The number of thiophene rings is 1. The van der Waals surface area contributed by atoms with Crippen LogP contribution in [0.1, 0.15) is 58.6 Å². The third kappa shape index (κ3) is 2.84. The van der Waals surface area contributed by atoms with Crippen LogP contribution in [-0.4, -0.2) is 18.0 Å². The number of carbonyl (C=O) groups excluding carboxylic acids is 1. The summed E-state index contributed by atoms with van der Waals surface area (Å²) in [6, 6.07) is 2.08. The zero-order chi connectivity index (χ0) is 13.3. The van der Waals surface area contributed by atoms with Crippen LogP contribution in [0.15, 0.2) is 6.07 Å². The summed E-state index contributed by atoms with van der Waals surface area (Å²) >= 11 is 1.66. The van der Waals surface area contributed by atoms with Crippen molar-refractivity contribution in [3.8, 4) is 0 Å². The molecule has 3 nitrogen and oxygen atoms in total. The number of rotatable bonds is 3. The maximum atomic E-state index is 12.2. The van der Waals surface area contributed by atoms with Crippen LogP contribution in [0.2, 0.25) is 0 Å². The van der Waals surface area contributed by atoms with E-state index in [-0.39, 0.29) is 11.4 Å². The van der Waals surface area contributed by atoms with Crippen LogP contribution in [0.3, 0.4) is 0 Å². The van der Waals surface area contributed by atoms with E-state index in [4.69, 9.17) is 5.73 Å². The highest BCUT2D eigenvalue weighted by atomic mass is 32.1. The minimum absolute atomic E-state index is 0.0646. The lowest BCUT2D eigenvalue weighted by molar-refractivity contribution is 0.0941. The molecule has 1 aromatic rings. The van der Waals surface area contributed by atoms with Crippen LogP contribution in [0, 0.1) is 0 Å². The van der Waals surface area contributed by atoms with Crippen LogP contribution in [-0.2, 0) is 12.8 Å². The smallest absolute Gasteiger partial charge is 0.261 e. The van der Waals surface area contributed by atoms with Gasteiger partial charge in [0.2, 0.25) is 0 Å². The van der Waals surface area contributed by atoms with Crippen molar-refractivity contribution in [1.82, 2.24) is 5.32 Å². The number of aryl methyl sites for hydroxylation is 2. The minimum atomic E-state index is -0.173. The molecule has 0 saturated heterocycles. The van der Waals surface area contributed by atoms with Crippen molar-refractivity contribution in [2.24, 2.45) is 5.73 Å². The van der Waals surface area contributed by atoms with Gasteiger partial charge in [-0.3, -0.25) is 4.79 Å². The molecule has 2 aliphatic carbocycles. The fourth-order valence-electron chi connectivity index (χ4n) is 3.22. The van der Waals surface area contributed by atoms with Gasteiger partial charge in [0.25, 0.3) is 5.91 Å². The number of nitrogens with two attached hydrogens (primary N) is 1. The van der Waals surface area contributed by atoms with Gasteiger partial charge in [-0.2, -0.15) is 0 Å². The fraction of sp³-hybridized carbons (Fsp3) is 0.667. The summed E-state index contributed by atoms with van der Waals surface area (Å²) in [7, 11) is 0. The van der Waals surface area contributed by atoms with E-state index < -0.39 is 0 Å². The molecule has 0 aliphatic heterocycles. The topological polar surface area (TPSA) is 55.1 Å². The molecule has 1 amide bonds. The first-order valence-corrected chi connectivity index (χ1v) is 8.17. The molecule has 1 saturated carbocycles. The molecule has 0 radical (unpaired) electrons. The zero-order valence-electron chi connectivity index (χ0n) is 11.3. The van der Waals surface area contributed by atoms with Crippen molar-refractivity contribution in [1.29, 1.82) is 0 Å². The molecule has 19 heavy (non-hydrogen) atoms. The lowest BCUT2D eigenvalue weighted by atomic mass is 9.82. The van der Waals surface area contributed by atoms with Gasteiger partial charge in [0.15, 0.2) is 0 Å². The Bertz CT molecular complexity index is 453. The Morgan fingerprint density at radius 2 is 2.05 bits per heavy atom. The summed E-state index contributed by atoms with van der Waals surface area (Å²) in [6.45, 7) is 0.619. The van der Waals surface area contributed by atoms with Crippen molar-refractivity contribution < 1.29 is 4.79 Å². The van der Waals surface area contributed by atoms with E-state index in [0.29, 0.717) is 6.54 Å². The first-order chi connectivity index (χ1) is 9.16. The lowest BCUT2D eigenvalue weighted by Crippen LogP contribution is -2.51.